The SMILES string of the molecule is COC(=O)CCc1ccc(OCCc2nc(-c3ccc(C4C=CC=CC4)cc3)oc2C)c2c1CNCC2. The summed E-state index contributed by atoms with van der Waals surface area (Å²) >= 11 is 0. The Morgan fingerprint density at radius 1 is 1.11 bits per heavy atom. The first-order valence-electron chi connectivity index (χ1n) is 13.1. The third-order valence-corrected chi connectivity index (χ3v) is 7.22. The lowest BCUT2D eigenvalue weighted by Crippen LogP contribution is -2.25. The van der Waals surface area contributed by atoms with E-state index in [-0.39, 0.29) is 5.97 Å². The van der Waals surface area contributed by atoms with Gasteiger partial charge in [-0.2, -0.15) is 0 Å². The number of aromatic nitrogens is 1. The molecule has 6 nitrogen and oxygen atoms in total. The number of carbonyl (C=O) groups excluding carboxylic acids is 1. The molecule has 1 N–H and O–H groups in total. The van der Waals surface area contributed by atoms with E-state index >= 15 is 0 Å². The van der Waals surface area contributed by atoms with Gasteiger partial charge < -0.3 is 19.2 Å². The molecule has 6 heteroatoms. The number of benzene rings is 2. The summed E-state index contributed by atoms with van der Waals surface area (Å²) in [5, 5.41) is 3.44. The zero-order valence-electron chi connectivity index (χ0n) is 21.6. The standard InChI is InChI=1S/C31H34N2O4/c1-21-28(33-31(37-21)25-10-8-23(9-11-25)22-6-4-3-5-7-22)17-19-36-29-14-12-24(13-15-30(34)35-2)27-20-32-18-16-26(27)29/h3-6,8-12,14,22,32H,7,13,15-20H2,1-2H3. The van der Waals surface area contributed by atoms with Crippen molar-refractivity contribution in [3.05, 3.63) is 94.4 Å². The molecule has 0 fully saturated rings. The van der Waals surface area contributed by atoms with Gasteiger partial charge in [0.25, 0.3) is 0 Å². The lowest BCUT2D eigenvalue weighted by molar-refractivity contribution is -0.140. The highest BCUT2D eigenvalue weighted by atomic mass is 16.5. The first-order chi connectivity index (χ1) is 18.1. The van der Waals surface area contributed by atoms with E-state index in [2.05, 4.69) is 60.0 Å². The van der Waals surface area contributed by atoms with Gasteiger partial charge in [0.15, 0.2) is 0 Å². The number of ether oxygens (including phenoxy) is 2. The molecule has 0 radical (unpaired) electrons. The molecule has 3 aromatic rings. The second-order valence-corrected chi connectivity index (χ2v) is 9.58. The molecule has 1 atom stereocenters. The van der Waals surface area contributed by atoms with E-state index in [4.69, 9.17) is 18.9 Å². The van der Waals surface area contributed by atoms with E-state index in [0.717, 1.165) is 48.7 Å². The second kappa shape index (κ2) is 11.6. The van der Waals surface area contributed by atoms with Crippen molar-refractivity contribution >= 4 is 5.97 Å². The number of aryl methyl sites for hydroxylation is 2. The van der Waals surface area contributed by atoms with Crippen molar-refractivity contribution in [3.63, 3.8) is 0 Å². The van der Waals surface area contributed by atoms with E-state index in [1.54, 1.807) is 0 Å². The second-order valence-electron chi connectivity index (χ2n) is 9.58. The van der Waals surface area contributed by atoms with Crippen LogP contribution in [0, 0.1) is 6.92 Å². The van der Waals surface area contributed by atoms with E-state index in [1.807, 2.05) is 13.0 Å². The van der Waals surface area contributed by atoms with Crippen LogP contribution in [0.5, 0.6) is 5.75 Å². The Labute approximate surface area is 218 Å². The maximum atomic E-state index is 11.6. The van der Waals surface area contributed by atoms with Gasteiger partial charge in [-0.15, -0.1) is 0 Å². The van der Waals surface area contributed by atoms with Crippen LogP contribution in [0.25, 0.3) is 11.5 Å². The highest BCUT2D eigenvalue weighted by molar-refractivity contribution is 5.69. The van der Waals surface area contributed by atoms with Crippen molar-refractivity contribution in [3.8, 4) is 17.2 Å². The minimum absolute atomic E-state index is 0.185. The van der Waals surface area contributed by atoms with Crippen molar-refractivity contribution in [1.82, 2.24) is 10.3 Å². The number of fused-ring (bicyclic) bond motifs is 1. The zero-order valence-corrected chi connectivity index (χ0v) is 21.6. The summed E-state index contributed by atoms with van der Waals surface area (Å²) in [5.74, 6) is 2.64. The van der Waals surface area contributed by atoms with E-state index in [0.29, 0.717) is 37.7 Å². The minimum Gasteiger partial charge on any atom is -0.493 e. The van der Waals surface area contributed by atoms with Gasteiger partial charge in [0, 0.05) is 36.4 Å². The van der Waals surface area contributed by atoms with Crippen LogP contribution in [0.2, 0.25) is 0 Å². The molecule has 1 aliphatic carbocycles. The van der Waals surface area contributed by atoms with Crippen LogP contribution >= 0.6 is 0 Å². The quantitative estimate of drug-likeness (QED) is 0.386. The summed E-state index contributed by atoms with van der Waals surface area (Å²) in [4.78, 5) is 16.4. The molecule has 5 rings (SSSR count). The summed E-state index contributed by atoms with van der Waals surface area (Å²) in [6.07, 6.45) is 12.3. The third kappa shape index (κ3) is 5.86. The highest BCUT2D eigenvalue weighted by Gasteiger charge is 2.19. The van der Waals surface area contributed by atoms with Gasteiger partial charge in [-0.1, -0.05) is 42.5 Å². The van der Waals surface area contributed by atoms with Crippen LogP contribution in [-0.4, -0.2) is 31.2 Å². The summed E-state index contributed by atoms with van der Waals surface area (Å²) in [6, 6.07) is 12.6. The zero-order chi connectivity index (χ0) is 25.6. The van der Waals surface area contributed by atoms with E-state index in [1.165, 1.54) is 29.4 Å². The van der Waals surface area contributed by atoms with Gasteiger partial charge in [0.05, 0.1) is 19.4 Å². The molecule has 1 unspecified atom stereocenters. The number of methoxy groups -OCH3 is 1. The Hall–Kier alpha value is -3.64. The van der Waals surface area contributed by atoms with Crippen molar-refractivity contribution in [2.45, 2.75) is 51.5 Å². The fourth-order valence-electron chi connectivity index (χ4n) is 5.09. The summed E-state index contributed by atoms with van der Waals surface area (Å²) in [5.41, 5.74) is 6.87. The fourth-order valence-corrected chi connectivity index (χ4v) is 5.09. The maximum Gasteiger partial charge on any atom is 0.305 e. The number of nitrogens with one attached hydrogen (secondary N) is 1. The minimum atomic E-state index is -0.185. The molecule has 1 aromatic heterocycles. The lowest BCUT2D eigenvalue weighted by atomic mass is 9.92. The normalized spacial score (nSPS) is 16.4. The van der Waals surface area contributed by atoms with E-state index < -0.39 is 0 Å². The molecule has 2 aliphatic rings. The van der Waals surface area contributed by atoms with Gasteiger partial charge in [0.1, 0.15) is 11.5 Å². The van der Waals surface area contributed by atoms with Crippen molar-refractivity contribution < 1.29 is 18.7 Å². The lowest BCUT2D eigenvalue weighted by Gasteiger charge is -2.23. The molecule has 0 saturated heterocycles. The average molecular weight is 499 g/mol. The Morgan fingerprint density at radius 3 is 2.76 bits per heavy atom. The molecule has 0 saturated carbocycles. The number of hydrogen-bond acceptors (Lipinski definition) is 6. The molecule has 0 amide bonds. The van der Waals surface area contributed by atoms with Crippen LogP contribution in [0.4, 0.5) is 0 Å². The number of carbonyl (C=O) groups is 1. The summed E-state index contributed by atoms with van der Waals surface area (Å²) in [6.45, 7) is 4.20. The Bertz CT molecular complexity index is 1300. The number of hydrogen-bond donors (Lipinski definition) is 1. The van der Waals surface area contributed by atoms with Crippen molar-refractivity contribution in [1.29, 1.82) is 0 Å². The first kappa shape index (κ1) is 25.0. The smallest absolute Gasteiger partial charge is 0.305 e. The molecule has 0 bridgehead atoms. The predicted octanol–water partition coefficient (Wildman–Crippen LogP) is 5.62. The number of oxazole rings is 1. The predicted molar refractivity (Wildman–Crippen MR) is 144 cm³/mol. The number of nitrogens with zero attached hydrogens (tertiary/aromatic N) is 1. The summed E-state index contributed by atoms with van der Waals surface area (Å²) < 4.78 is 17.1. The molecule has 192 valence electrons. The summed E-state index contributed by atoms with van der Waals surface area (Å²) in [7, 11) is 1.43. The third-order valence-electron chi connectivity index (χ3n) is 7.22. The van der Waals surface area contributed by atoms with Crippen molar-refractivity contribution in [2.24, 2.45) is 0 Å². The molecule has 2 aromatic carbocycles. The van der Waals surface area contributed by atoms with E-state index in [9.17, 15) is 4.79 Å². The Kier molecular flexibility index (Phi) is 7.85. The van der Waals surface area contributed by atoms with Gasteiger partial charge in [-0.3, -0.25) is 4.79 Å². The Balaban J connectivity index is 1.22. The molecule has 0 spiro atoms. The van der Waals surface area contributed by atoms with Crippen LogP contribution in [0.1, 0.15) is 52.5 Å². The average Bonchev–Trinajstić information content (AvgIpc) is 3.33. The molecular weight excluding hydrogens is 464 g/mol. The molecule has 1 aliphatic heterocycles. The molecular formula is C31H34N2O4. The fraction of sp³-hybridized carbons (Fsp3) is 0.355. The molecule has 37 heavy (non-hydrogen) atoms. The Morgan fingerprint density at radius 2 is 1.97 bits per heavy atom. The molecule has 2 heterocycles. The topological polar surface area (TPSA) is 73.6 Å². The van der Waals surface area contributed by atoms with Crippen LogP contribution in [0.3, 0.4) is 0 Å². The number of rotatable bonds is 9. The van der Waals surface area contributed by atoms with Crippen LogP contribution in [0.15, 0.2) is 65.1 Å². The monoisotopic (exact) mass is 498 g/mol. The van der Waals surface area contributed by atoms with Crippen LogP contribution < -0.4 is 10.1 Å². The van der Waals surface area contributed by atoms with Gasteiger partial charge in [0.2, 0.25) is 5.89 Å². The number of allylic oxidation sites excluding steroid dienone is 4. The van der Waals surface area contributed by atoms with Crippen molar-refractivity contribution in [2.75, 3.05) is 20.3 Å². The van der Waals surface area contributed by atoms with Gasteiger partial charge >= 0.3 is 5.97 Å². The van der Waals surface area contributed by atoms with Gasteiger partial charge in [-0.05, 0) is 67.6 Å². The van der Waals surface area contributed by atoms with Crippen LogP contribution in [-0.2, 0) is 35.3 Å². The number of esters is 1. The first-order valence-corrected chi connectivity index (χ1v) is 13.1. The van der Waals surface area contributed by atoms with Gasteiger partial charge in [-0.25, -0.2) is 4.98 Å². The maximum absolute atomic E-state index is 11.6. The highest BCUT2D eigenvalue weighted by Crippen LogP contribution is 2.31. The largest absolute Gasteiger partial charge is 0.493 e.